The average Bonchev–Trinajstić information content (AvgIpc) is 2.74. The minimum atomic E-state index is -0.665. The smallest absolute Gasteiger partial charge is 0.343 e. The number of carbonyl (C=O) groups is 2. The van der Waals surface area contributed by atoms with Gasteiger partial charge in [-0.2, -0.15) is 5.10 Å². The fourth-order valence-electron chi connectivity index (χ4n) is 2.42. The summed E-state index contributed by atoms with van der Waals surface area (Å²) in [7, 11) is 1.54. The predicted molar refractivity (Wildman–Crippen MR) is 106 cm³/mol. The Bertz CT molecular complexity index is 1050. The topological polar surface area (TPSA) is 77.0 Å². The molecule has 1 N–H and O–H groups in total. The lowest BCUT2D eigenvalue weighted by atomic mass is 10.2. The molecular weight excluding hydrogens is 375 g/mol. The van der Waals surface area contributed by atoms with Crippen LogP contribution in [0, 0.1) is 5.82 Å². The number of halogens is 1. The standard InChI is InChI=1S/C22H17FN2O4/c1-28-17-11-9-16(10-12-17)22(27)29-18-6-4-5-15(13-18)14-24-25-21(26)19-7-2-3-8-20(19)23/h2-14H,1H3,(H,25,26). The van der Waals surface area contributed by atoms with E-state index in [0.29, 0.717) is 22.6 Å². The zero-order valence-corrected chi connectivity index (χ0v) is 15.5. The molecule has 0 saturated carbocycles. The second kappa shape index (κ2) is 9.27. The van der Waals surface area contributed by atoms with Gasteiger partial charge in [-0.1, -0.05) is 24.3 Å². The summed E-state index contributed by atoms with van der Waals surface area (Å²) in [5, 5.41) is 3.81. The first-order chi connectivity index (χ1) is 14.1. The highest BCUT2D eigenvalue weighted by molar-refractivity contribution is 5.95. The molecule has 0 bridgehead atoms. The minimum Gasteiger partial charge on any atom is -0.497 e. The molecule has 0 unspecified atom stereocenters. The summed E-state index contributed by atoms with van der Waals surface area (Å²) in [6, 6.07) is 18.7. The zero-order valence-electron chi connectivity index (χ0n) is 15.5. The van der Waals surface area contributed by atoms with E-state index >= 15 is 0 Å². The van der Waals surface area contributed by atoms with E-state index < -0.39 is 17.7 Å². The summed E-state index contributed by atoms with van der Waals surface area (Å²) in [6.07, 6.45) is 1.36. The van der Waals surface area contributed by atoms with Gasteiger partial charge in [-0.15, -0.1) is 0 Å². The van der Waals surface area contributed by atoms with E-state index in [2.05, 4.69) is 10.5 Å². The Kier molecular flexibility index (Phi) is 6.32. The van der Waals surface area contributed by atoms with Gasteiger partial charge in [-0.3, -0.25) is 4.79 Å². The third kappa shape index (κ3) is 5.26. The Hall–Kier alpha value is -4.00. The zero-order chi connectivity index (χ0) is 20.6. The number of hydrazone groups is 1. The molecule has 29 heavy (non-hydrogen) atoms. The van der Waals surface area contributed by atoms with E-state index in [1.807, 2.05) is 0 Å². The van der Waals surface area contributed by atoms with Crippen molar-refractivity contribution in [2.45, 2.75) is 0 Å². The van der Waals surface area contributed by atoms with Gasteiger partial charge in [-0.25, -0.2) is 14.6 Å². The fraction of sp³-hybridized carbons (Fsp3) is 0.0455. The number of benzene rings is 3. The number of nitrogens with one attached hydrogen (secondary N) is 1. The second-order valence-corrected chi connectivity index (χ2v) is 5.87. The van der Waals surface area contributed by atoms with E-state index in [1.165, 1.54) is 24.4 Å². The summed E-state index contributed by atoms with van der Waals surface area (Å²) in [5.41, 5.74) is 3.11. The molecule has 0 radical (unpaired) electrons. The largest absolute Gasteiger partial charge is 0.497 e. The number of amides is 1. The van der Waals surface area contributed by atoms with Gasteiger partial charge in [-0.05, 0) is 54.1 Å². The first kappa shape index (κ1) is 19.8. The second-order valence-electron chi connectivity index (χ2n) is 5.87. The van der Waals surface area contributed by atoms with Gasteiger partial charge in [0, 0.05) is 0 Å². The molecule has 0 fully saturated rings. The van der Waals surface area contributed by atoms with Crippen LogP contribution in [0.3, 0.4) is 0 Å². The van der Waals surface area contributed by atoms with Gasteiger partial charge >= 0.3 is 5.97 Å². The molecule has 0 aromatic heterocycles. The number of carbonyl (C=O) groups excluding carboxylic acids is 2. The van der Waals surface area contributed by atoms with Gasteiger partial charge in [0.15, 0.2) is 0 Å². The van der Waals surface area contributed by atoms with Crippen LogP contribution in [0.4, 0.5) is 4.39 Å². The molecule has 0 atom stereocenters. The van der Waals surface area contributed by atoms with Crippen molar-refractivity contribution in [1.82, 2.24) is 5.43 Å². The number of hydrogen-bond donors (Lipinski definition) is 1. The molecule has 3 aromatic carbocycles. The minimum absolute atomic E-state index is 0.105. The van der Waals surface area contributed by atoms with Crippen molar-refractivity contribution in [2.75, 3.05) is 7.11 Å². The van der Waals surface area contributed by atoms with Crippen LogP contribution < -0.4 is 14.9 Å². The van der Waals surface area contributed by atoms with Crippen molar-refractivity contribution in [3.05, 3.63) is 95.3 Å². The maximum atomic E-state index is 13.6. The van der Waals surface area contributed by atoms with Crippen molar-refractivity contribution >= 4 is 18.1 Å². The van der Waals surface area contributed by atoms with E-state index in [1.54, 1.807) is 61.7 Å². The van der Waals surface area contributed by atoms with Crippen molar-refractivity contribution in [1.29, 1.82) is 0 Å². The fourth-order valence-corrected chi connectivity index (χ4v) is 2.42. The van der Waals surface area contributed by atoms with Gasteiger partial charge in [0.05, 0.1) is 24.5 Å². The van der Waals surface area contributed by atoms with Crippen LogP contribution in [-0.4, -0.2) is 25.2 Å². The first-order valence-corrected chi connectivity index (χ1v) is 8.61. The molecule has 6 nitrogen and oxygen atoms in total. The molecule has 0 heterocycles. The molecule has 0 spiro atoms. The number of nitrogens with zero attached hydrogens (tertiary/aromatic N) is 1. The van der Waals surface area contributed by atoms with Gasteiger partial charge in [0.2, 0.25) is 0 Å². The Labute approximate surface area is 166 Å². The lowest BCUT2D eigenvalue weighted by Crippen LogP contribution is -2.18. The van der Waals surface area contributed by atoms with Crippen molar-refractivity contribution in [3.63, 3.8) is 0 Å². The first-order valence-electron chi connectivity index (χ1n) is 8.61. The third-order valence-electron chi connectivity index (χ3n) is 3.89. The van der Waals surface area contributed by atoms with E-state index in [9.17, 15) is 14.0 Å². The number of methoxy groups -OCH3 is 1. The van der Waals surface area contributed by atoms with E-state index in [0.717, 1.165) is 0 Å². The van der Waals surface area contributed by atoms with Crippen LogP contribution in [0.1, 0.15) is 26.3 Å². The van der Waals surface area contributed by atoms with Crippen molar-refractivity contribution < 1.29 is 23.5 Å². The lowest BCUT2D eigenvalue weighted by molar-refractivity contribution is 0.0734. The number of esters is 1. The SMILES string of the molecule is COc1ccc(C(=O)Oc2cccc(C=NNC(=O)c3ccccc3F)c2)cc1. The monoisotopic (exact) mass is 392 g/mol. The molecule has 0 aliphatic rings. The molecule has 1 amide bonds. The van der Waals surface area contributed by atoms with E-state index in [-0.39, 0.29) is 5.56 Å². The summed E-state index contributed by atoms with van der Waals surface area (Å²) in [5.74, 6) is -0.865. The Morgan fingerprint density at radius 2 is 1.72 bits per heavy atom. The highest BCUT2D eigenvalue weighted by Crippen LogP contribution is 2.16. The van der Waals surface area contributed by atoms with Gasteiger partial charge in [0.25, 0.3) is 5.91 Å². The van der Waals surface area contributed by atoms with E-state index in [4.69, 9.17) is 9.47 Å². The molecule has 0 saturated heterocycles. The summed E-state index contributed by atoms with van der Waals surface area (Å²) in [4.78, 5) is 24.2. The van der Waals surface area contributed by atoms with Gasteiger partial charge < -0.3 is 9.47 Å². The molecule has 3 rings (SSSR count). The number of rotatable bonds is 6. The highest BCUT2D eigenvalue weighted by Gasteiger charge is 2.10. The maximum Gasteiger partial charge on any atom is 0.343 e. The molecule has 7 heteroatoms. The van der Waals surface area contributed by atoms with Crippen LogP contribution in [0.15, 0.2) is 77.9 Å². The number of hydrogen-bond acceptors (Lipinski definition) is 5. The van der Waals surface area contributed by atoms with Crippen LogP contribution in [-0.2, 0) is 0 Å². The summed E-state index contributed by atoms with van der Waals surface area (Å²) in [6.45, 7) is 0. The van der Waals surface area contributed by atoms with Crippen molar-refractivity contribution in [3.8, 4) is 11.5 Å². The highest BCUT2D eigenvalue weighted by atomic mass is 19.1. The third-order valence-corrected chi connectivity index (χ3v) is 3.89. The molecular formula is C22H17FN2O4. The predicted octanol–water partition coefficient (Wildman–Crippen LogP) is 3.82. The molecule has 146 valence electrons. The van der Waals surface area contributed by atoms with Crippen LogP contribution in [0.5, 0.6) is 11.5 Å². The molecule has 0 aliphatic carbocycles. The average molecular weight is 392 g/mol. The maximum absolute atomic E-state index is 13.6. The summed E-state index contributed by atoms with van der Waals surface area (Å²) < 4.78 is 24.0. The molecule has 3 aromatic rings. The van der Waals surface area contributed by atoms with Crippen molar-refractivity contribution in [2.24, 2.45) is 5.10 Å². The number of ether oxygens (including phenoxy) is 2. The quantitative estimate of drug-likeness (QED) is 0.299. The van der Waals surface area contributed by atoms with Crippen LogP contribution in [0.25, 0.3) is 0 Å². The van der Waals surface area contributed by atoms with Crippen LogP contribution >= 0.6 is 0 Å². The normalized spacial score (nSPS) is 10.6. The Morgan fingerprint density at radius 3 is 2.45 bits per heavy atom. The van der Waals surface area contributed by atoms with Gasteiger partial charge in [0.1, 0.15) is 17.3 Å². The summed E-state index contributed by atoms with van der Waals surface area (Å²) >= 11 is 0. The Balaban J connectivity index is 1.63. The molecule has 0 aliphatic heterocycles. The van der Waals surface area contributed by atoms with Crippen LogP contribution in [0.2, 0.25) is 0 Å². The lowest BCUT2D eigenvalue weighted by Gasteiger charge is -2.06. The Morgan fingerprint density at radius 1 is 0.966 bits per heavy atom.